The number of Topliss-reactive ketones (excluding diaryl/α,β-unsaturated/α-hetero) is 1. The number of rotatable bonds is 3. The first-order valence-electron chi connectivity index (χ1n) is 12.0. The minimum atomic E-state index is -0.414. The van der Waals surface area contributed by atoms with Crippen molar-refractivity contribution in [1.29, 1.82) is 0 Å². The van der Waals surface area contributed by atoms with Crippen LogP contribution in [0.15, 0.2) is 101 Å². The molecule has 0 spiro atoms. The summed E-state index contributed by atoms with van der Waals surface area (Å²) in [6.07, 6.45) is 1.23. The van der Waals surface area contributed by atoms with E-state index in [1.165, 1.54) is 0 Å². The van der Waals surface area contributed by atoms with E-state index < -0.39 is 5.92 Å². The van der Waals surface area contributed by atoms with Crippen molar-refractivity contribution in [2.45, 2.75) is 32.6 Å². The van der Waals surface area contributed by atoms with Crippen LogP contribution in [0.1, 0.15) is 43.7 Å². The van der Waals surface area contributed by atoms with Crippen molar-refractivity contribution < 1.29 is 4.79 Å². The molecule has 4 aromatic rings. The van der Waals surface area contributed by atoms with Crippen molar-refractivity contribution in [2.75, 3.05) is 5.32 Å². The molecule has 2 N–H and O–H groups in total. The number of nitrogens with one attached hydrogen (secondary N) is 2. The van der Waals surface area contributed by atoms with Crippen LogP contribution in [0.5, 0.6) is 0 Å². The van der Waals surface area contributed by atoms with Crippen molar-refractivity contribution in [1.82, 2.24) is 9.78 Å². The Bertz CT molecular complexity index is 1510. The molecule has 1 aliphatic carbocycles. The molecule has 6 rings (SSSR count). The molecule has 1 unspecified atom stereocenters. The van der Waals surface area contributed by atoms with E-state index in [-0.39, 0.29) is 16.8 Å². The quantitative estimate of drug-likeness (QED) is 0.391. The topological polar surface area (TPSA) is 66.9 Å². The molecular weight excluding hydrogens is 434 g/mol. The van der Waals surface area contributed by atoms with E-state index in [9.17, 15) is 9.59 Å². The molecule has 0 saturated heterocycles. The molecule has 2 aliphatic rings. The second-order valence-corrected chi connectivity index (χ2v) is 10.3. The van der Waals surface area contributed by atoms with Gasteiger partial charge in [0.25, 0.3) is 5.56 Å². The summed E-state index contributed by atoms with van der Waals surface area (Å²) in [5.74, 6) is 0.363. The van der Waals surface area contributed by atoms with Gasteiger partial charge < -0.3 is 5.32 Å². The third-order valence-electron chi connectivity index (χ3n) is 7.07. The zero-order valence-electron chi connectivity index (χ0n) is 19.8. The van der Waals surface area contributed by atoms with Gasteiger partial charge in [0, 0.05) is 23.6 Å². The zero-order chi connectivity index (χ0) is 24.2. The molecule has 0 bridgehead atoms. The van der Waals surface area contributed by atoms with Gasteiger partial charge in [0.15, 0.2) is 5.78 Å². The highest BCUT2D eigenvalue weighted by Gasteiger charge is 2.42. The molecule has 0 radical (unpaired) electrons. The number of nitrogens with zero attached hydrogens (tertiary/aromatic N) is 1. The van der Waals surface area contributed by atoms with Gasteiger partial charge in [-0.15, -0.1) is 0 Å². The average Bonchev–Trinajstić information content (AvgIpc) is 3.19. The van der Waals surface area contributed by atoms with Gasteiger partial charge in [0.05, 0.1) is 11.3 Å². The maximum absolute atomic E-state index is 13.8. The lowest BCUT2D eigenvalue weighted by molar-refractivity contribution is -0.118. The van der Waals surface area contributed by atoms with Gasteiger partial charge in [0.2, 0.25) is 0 Å². The molecule has 35 heavy (non-hydrogen) atoms. The van der Waals surface area contributed by atoms with Gasteiger partial charge in [-0.2, -0.15) is 0 Å². The fraction of sp³-hybridized carbons (Fsp3) is 0.200. The fourth-order valence-electron chi connectivity index (χ4n) is 5.48. The molecule has 5 heteroatoms. The van der Waals surface area contributed by atoms with E-state index >= 15 is 0 Å². The van der Waals surface area contributed by atoms with Crippen LogP contribution in [-0.4, -0.2) is 15.6 Å². The number of H-pyrrole nitrogens is 1. The summed E-state index contributed by atoms with van der Waals surface area (Å²) in [4.78, 5) is 27.2. The number of aromatic nitrogens is 2. The molecule has 3 aromatic carbocycles. The van der Waals surface area contributed by atoms with Gasteiger partial charge in [-0.25, -0.2) is 4.68 Å². The van der Waals surface area contributed by atoms with Crippen molar-refractivity contribution in [3.05, 3.63) is 118 Å². The number of fused-ring (bicyclic) bond motifs is 1. The molecule has 5 nitrogen and oxygen atoms in total. The van der Waals surface area contributed by atoms with Crippen molar-refractivity contribution in [3.63, 3.8) is 0 Å². The SMILES string of the molecule is CC1(C)CC(=O)C2=C(C1)Nc1[nH]n(-c3ccccc3)c(=O)c1C2c1ccc(-c2ccccc2)cc1. The Hall–Kier alpha value is -4.12. The second kappa shape index (κ2) is 7.98. The number of benzene rings is 3. The first kappa shape index (κ1) is 21.4. The first-order valence-corrected chi connectivity index (χ1v) is 12.0. The molecule has 1 atom stereocenters. The largest absolute Gasteiger partial charge is 0.343 e. The highest BCUT2D eigenvalue weighted by molar-refractivity contribution is 6.01. The lowest BCUT2D eigenvalue weighted by Crippen LogP contribution is -2.35. The van der Waals surface area contributed by atoms with Crippen molar-refractivity contribution in [3.8, 4) is 16.8 Å². The third-order valence-corrected chi connectivity index (χ3v) is 7.07. The number of carbonyl (C=O) groups is 1. The monoisotopic (exact) mass is 461 g/mol. The number of allylic oxidation sites excluding steroid dienone is 2. The van der Waals surface area contributed by atoms with Gasteiger partial charge in [-0.3, -0.25) is 14.7 Å². The van der Waals surface area contributed by atoms with Crippen LogP contribution in [0.2, 0.25) is 0 Å². The van der Waals surface area contributed by atoms with Gasteiger partial charge >= 0.3 is 0 Å². The average molecular weight is 462 g/mol. The van der Waals surface area contributed by atoms with Gasteiger partial charge in [-0.05, 0) is 40.7 Å². The minimum absolute atomic E-state index is 0.110. The van der Waals surface area contributed by atoms with Crippen LogP contribution < -0.4 is 10.9 Å². The lowest BCUT2D eigenvalue weighted by atomic mass is 9.69. The number of hydrogen-bond acceptors (Lipinski definition) is 3. The van der Waals surface area contributed by atoms with E-state index in [4.69, 9.17) is 0 Å². The van der Waals surface area contributed by atoms with Crippen LogP contribution in [-0.2, 0) is 4.79 Å². The van der Waals surface area contributed by atoms with Crippen LogP contribution in [0, 0.1) is 5.41 Å². The summed E-state index contributed by atoms with van der Waals surface area (Å²) < 4.78 is 1.57. The Morgan fingerprint density at radius 1 is 0.800 bits per heavy atom. The summed E-state index contributed by atoms with van der Waals surface area (Å²) in [5, 5.41) is 6.71. The molecule has 0 saturated carbocycles. The molecular formula is C30H27N3O2. The number of carbonyl (C=O) groups excluding carboxylic acids is 1. The molecule has 0 amide bonds. The maximum Gasteiger partial charge on any atom is 0.277 e. The van der Waals surface area contributed by atoms with Crippen LogP contribution >= 0.6 is 0 Å². The second-order valence-electron chi connectivity index (χ2n) is 10.3. The number of ketones is 1. The summed E-state index contributed by atoms with van der Waals surface area (Å²) >= 11 is 0. The van der Waals surface area contributed by atoms with E-state index in [1.807, 2.05) is 48.5 Å². The maximum atomic E-state index is 13.8. The normalized spacial score (nSPS) is 18.6. The summed E-state index contributed by atoms with van der Waals surface area (Å²) in [7, 11) is 0. The van der Waals surface area contributed by atoms with Crippen LogP contribution in [0.25, 0.3) is 16.8 Å². The van der Waals surface area contributed by atoms with Gasteiger partial charge in [-0.1, -0.05) is 86.6 Å². The predicted octanol–water partition coefficient (Wildman–Crippen LogP) is 6.03. The van der Waals surface area contributed by atoms with E-state index in [2.05, 4.69) is 60.7 Å². The molecule has 1 aromatic heterocycles. The summed E-state index contributed by atoms with van der Waals surface area (Å²) in [6, 6.07) is 28.0. The summed E-state index contributed by atoms with van der Waals surface area (Å²) in [5.41, 5.74) is 5.90. The number of anilines is 1. The van der Waals surface area contributed by atoms with Crippen molar-refractivity contribution >= 4 is 11.6 Å². The lowest BCUT2D eigenvalue weighted by Gasteiger charge is -2.37. The Morgan fingerprint density at radius 2 is 1.43 bits per heavy atom. The Labute approximate surface area is 204 Å². The molecule has 0 fully saturated rings. The summed E-state index contributed by atoms with van der Waals surface area (Å²) in [6.45, 7) is 4.24. The Morgan fingerprint density at radius 3 is 2.11 bits per heavy atom. The number of aromatic amines is 1. The Balaban J connectivity index is 1.52. The van der Waals surface area contributed by atoms with Crippen molar-refractivity contribution in [2.24, 2.45) is 5.41 Å². The minimum Gasteiger partial charge on any atom is -0.343 e. The Kier molecular flexibility index (Phi) is 4.88. The number of para-hydroxylation sites is 1. The smallest absolute Gasteiger partial charge is 0.277 e. The standard InChI is InChI=1S/C30H27N3O2/c1-30(2)17-23-26(24(34)18-30)25(21-15-13-20(14-16-21)19-9-5-3-6-10-19)27-28(31-23)32-33(29(27)35)22-11-7-4-8-12-22/h3-16,25,31-32H,17-18H2,1-2H3. The van der Waals surface area contributed by atoms with E-state index in [0.29, 0.717) is 17.8 Å². The molecule has 1 aliphatic heterocycles. The fourth-order valence-corrected chi connectivity index (χ4v) is 5.48. The highest BCUT2D eigenvalue weighted by atomic mass is 16.1. The van der Waals surface area contributed by atoms with E-state index in [1.54, 1.807) is 4.68 Å². The number of hydrogen-bond donors (Lipinski definition) is 2. The van der Waals surface area contributed by atoms with Gasteiger partial charge in [0.1, 0.15) is 5.82 Å². The third kappa shape index (κ3) is 3.64. The molecule has 174 valence electrons. The van der Waals surface area contributed by atoms with Crippen LogP contribution in [0.3, 0.4) is 0 Å². The first-order chi connectivity index (χ1) is 16.9. The molecule has 2 heterocycles. The predicted molar refractivity (Wildman–Crippen MR) is 139 cm³/mol. The highest BCUT2D eigenvalue weighted by Crippen LogP contribution is 2.48. The zero-order valence-corrected chi connectivity index (χ0v) is 19.8. The van der Waals surface area contributed by atoms with E-state index in [0.717, 1.165) is 40.1 Å². The van der Waals surface area contributed by atoms with Crippen LogP contribution in [0.4, 0.5) is 5.82 Å².